The molecule has 0 aliphatic heterocycles. The second kappa shape index (κ2) is 7.87. The van der Waals surface area contributed by atoms with Crippen molar-refractivity contribution in [1.82, 2.24) is 14.7 Å². The summed E-state index contributed by atoms with van der Waals surface area (Å²) in [5, 5.41) is -0.327. The zero-order chi connectivity index (χ0) is 22.1. The van der Waals surface area contributed by atoms with Crippen LogP contribution in [0.4, 0.5) is 5.82 Å². The fourth-order valence-corrected chi connectivity index (χ4v) is 3.74. The molecule has 0 saturated heterocycles. The van der Waals surface area contributed by atoms with Crippen molar-refractivity contribution in [3.8, 4) is 11.3 Å². The first-order chi connectivity index (χ1) is 14.0. The summed E-state index contributed by atoms with van der Waals surface area (Å²) in [6.45, 7) is 8.01. The third kappa shape index (κ3) is 4.65. The van der Waals surface area contributed by atoms with Crippen LogP contribution in [0.5, 0.6) is 0 Å². The molecule has 8 heteroatoms. The molecule has 30 heavy (non-hydrogen) atoms. The Morgan fingerprint density at radius 2 is 1.63 bits per heavy atom. The minimum atomic E-state index is -4.19. The molecule has 156 valence electrons. The van der Waals surface area contributed by atoms with E-state index < -0.39 is 15.9 Å². The fraction of sp³-hybridized carbons (Fsp3) is 0.227. The minimum absolute atomic E-state index is 0.0434. The predicted molar refractivity (Wildman–Crippen MR) is 116 cm³/mol. The van der Waals surface area contributed by atoms with Gasteiger partial charge < -0.3 is 5.73 Å². The van der Waals surface area contributed by atoms with E-state index in [1.165, 1.54) is 18.2 Å². The average molecular weight is 425 g/mol. The van der Waals surface area contributed by atoms with Crippen molar-refractivity contribution in [2.75, 3.05) is 5.73 Å². The van der Waals surface area contributed by atoms with E-state index in [9.17, 15) is 13.2 Å². The van der Waals surface area contributed by atoms with E-state index in [0.29, 0.717) is 5.69 Å². The molecule has 0 spiro atoms. The maximum Gasteiger partial charge on any atom is 0.281 e. The number of amides is 1. The Bertz CT molecular complexity index is 1200. The Kier molecular flexibility index (Phi) is 5.63. The van der Waals surface area contributed by atoms with Gasteiger partial charge in [0.25, 0.3) is 15.9 Å². The van der Waals surface area contributed by atoms with Gasteiger partial charge in [0, 0.05) is 16.7 Å². The number of rotatable bonds is 4. The molecule has 0 fully saturated rings. The van der Waals surface area contributed by atoms with E-state index in [2.05, 4.69) is 9.71 Å². The van der Waals surface area contributed by atoms with Gasteiger partial charge in [0.2, 0.25) is 0 Å². The molecule has 0 unspecified atom stereocenters. The van der Waals surface area contributed by atoms with Crippen molar-refractivity contribution in [2.45, 2.75) is 38.1 Å². The fourth-order valence-electron chi connectivity index (χ4n) is 2.80. The molecule has 0 saturated carbocycles. The highest BCUT2D eigenvalue weighted by atomic mass is 32.2. The molecule has 1 aromatic carbocycles. The number of nitrogens with one attached hydrogen (secondary N) is 1. The Morgan fingerprint density at radius 1 is 0.967 bits per heavy atom. The number of hydrogen-bond donors (Lipinski definition) is 2. The number of hydrogen-bond acceptors (Lipinski definition) is 6. The van der Waals surface area contributed by atoms with Gasteiger partial charge in [0.15, 0.2) is 5.03 Å². The van der Waals surface area contributed by atoms with Crippen LogP contribution in [0.3, 0.4) is 0 Å². The predicted octanol–water partition coefficient (Wildman–Crippen LogP) is 3.45. The second-order valence-electron chi connectivity index (χ2n) is 8.04. The van der Waals surface area contributed by atoms with E-state index in [-0.39, 0.29) is 21.8 Å². The Balaban J connectivity index is 2.06. The number of anilines is 1. The van der Waals surface area contributed by atoms with Crippen LogP contribution in [0.25, 0.3) is 11.3 Å². The number of carbonyl (C=O) groups is 1. The van der Waals surface area contributed by atoms with Crippen molar-refractivity contribution >= 4 is 21.7 Å². The van der Waals surface area contributed by atoms with Crippen LogP contribution in [0.15, 0.2) is 59.6 Å². The second-order valence-corrected chi connectivity index (χ2v) is 9.67. The number of sulfonamides is 1. The van der Waals surface area contributed by atoms with Crippen molar-refractivity contribution < 1.29 is 13.2 Å². The first kappa shape index (κ1) is 21.4. The summed E-state index contributed by atoms with van der Waals surface area (Å²) in [5.41, 5.74) is 8.46. The van der Waals surface area contributed by atoms with Crippen LogP contribution in [-0.4, -0.2) is 24.3 Å². The number of aryl methyl sites for hydroxylation is 1. The number of nitrogens with zero attached hydrogens (tertiary/aromatic N) is 2. The molecule has 3 N–H and O–H groups in total. The smallest absolute Gasteiger partial charge is 0.281 e. The van der Waals surface area contributed by atoms with Crippen LogP contribution in [-0.2, 0) is 15.4 Å². The lowest BCUT2D eigenvalue weighted by Crippen LogP contribution is -2.32. The summed E-state index contributed by atoms with van der Waals surface area (Å²) >= 11 is 0. The molecule has 7 nitrogen and oxygen atoms in total. The molecule has 0 aliphatic rings. The highest BCUT2D eigenvalue weighted by Gasteiger charge is 2.25. The normalized spacial score (nSPS) is 11.9. The standard InChI is InChI=1S/C22H24N4O3S/c1-14-8-10-15(11-9-14)20-16(12-13-17(24-20)22(2,3)4)21(27)26-30(28,29)19-7-5-6-18(23)25-19/h5-13H,1-4H3,(H2,23,25)(H,26,27). The van der Waals surface area contributed by atoms with Crippen LogP contribution >= 0.6 is 0 Å². The van der Waals surface area contributed by atoms with Gasteiger partial charge in [-0.15, -0.1) is 0 Å². The summed E-state index contributed by atoms with van der Waals surface area (Å²) in [5.74, 6) is -0.746. The van der Waals surface area contributed by atoms with E-state index in [0.717, 1.165) is 16.8 Å². The molecule has 0 aliphatic carbocycles. The Hall–Kier alpha value is -3.26. The Morgan fingerprint density at radius 3 is 2.23 bits per heavy atom. The molecule has 2 aromatic heterocycles. The summed E-state index contributed by atoms with van der Waals surface area (Å²) < 4.78 is 27.3. The summed E-state index contributed by atoms with van der Waals surface area (Å²) in [4.78, 5) is 21.4. The van der Waals surface area contributed by atoms with Gasteiger partial charge in [0.05, 0.1) is 11.3 Å². The average Bonchev–Trinajstić information content (AvgIpc) is 2.67. The summed E-state index contributed by atoms with van der Waals surface area (Å²) in [6, 6.07) is 15.1. The first-order valence-electron chi connectivity index (χ1n) is 9.35. The van der Waals surface area contributed by atoms with Gasteiger partial charge in [-0.05, 0) is 31.2 Å². The minimum Gasteiger partial charge on any atom is -0.384 e. The SMILES string of the molecule is Cc1ccc(-c2nc(C(C)(C)C)ccc2C(=O)NS(=O)(=O)c2cccc(N)n2)cc1. The molecule has 0 atom stereocenters. The van der Waals surface area contributed by atoms with Gasteiger partial charge in [-0.2, -0.15) is 8.42 Å². The number of nitrogens with two attached hydrogens (primary N) is 1. The van der Waals surface area contributed by atoms with Gasteiger partial charge in [-0.1, -0.05) is 56.7 Å². The molecule has 2 heterocycles. The molecule has 0 radical (unpaired) electrons. The first-order valence-corrected chi connectivity index (χ1v) is 10.8. The van der Waals surface area contributed by atoms with Crippen molar-refractivity contribution in [3.63, 3.8) is 0 Å². The molecule has 1 amide bonds. The van der Waals surface area contributed by atoms with E-state index in [1.807, 2.05) is 52.0 Å². The summed E-state index contributed by atoms with van der Waals surface area (Å²) in [6.07, 6.45) is 0. The van der Waals surface area contributed by atoms with Crippen molar-refractivity contribution in [2.24, 2.45) is 0 Å². The highest BCUT2D eigenvalue weighted by molar-refractivity contribution is 7.90. The van der Waals surface area contributed by atoms with E-state index in [4.69, 9.17) is 10.7 Å². The van der Waals surface area contributed by atoms with E-state index >= 15 is 0 Å². The Labute approximate surface area is 176 Å². The van der Waals surface area contributed by atoms with Crippen LogP contribution in [0, 0.1) is 6.92 Å². The molecule has 3 aromatic rings. The lowest BCUT2D eigenvalue weighted by molar-refractivity contribution is 0.0981. The van der Waals surface area contributed by atoms with Crippen LogP contribution < -0.4 is 10.5 Å². The van der Waals surface area contributed by atoms with Gasteiger partial charge >= 0.3 is 0 Å². The maximum absolute atomic E-state index is 13.0. The number of nitrogen functional groups attached to an aromatic ring is 1. The van der Waals surface area contributed by atoms with E-state index in [1.54, 1.807) is 12.1 Å². The quantitative estimate of drug-likeness (QED) is 0.663. The monoisotopic (exact) mass is 424 g/mol. The maximum atomic E-state index is 13.0. The lowest BCUT2D eigenvalue weighted by Gasteiger charge is -2.20. The summed E-state index contributed by atoms with van der Waals surface area (Å²) in [7, 11) is -4.19. The number of pyridine rings is 2. The van der Waals surface area contributed by atoms with Crippen molar-refractivity contribution in [3.05, 3.63) is 71.4 Å². The zero-order valence-electron chi connectivity index (χ0n) is 17.3. The van der Waals surface area contributed by atoms with Gasteiger partial charge in [-0.3, -0.25) is 9.78 Å². The number of benzene rings is 1. The molecular weight excluding hydrogens is 400 g/mol. The van der Waals surface area contributed by atoms with Crippen molar-refractivity contribution in [1.29, 1.82) is 0 Å². The van der Waals surface area contributed by atoms with Crippen LogP contribution in [0.2, 0.25) is 0 Å². The third-order valence-electron chi connectivity index (χ3n) is 4.48. The topological polar surface area (TPSA) is 115 Å². The molecule has 0 bridgehead atoms. The zero-order valence-corrected chi connectivity index (χ0v) is 18.1. The van der Waals surface area contributed by atoms with Gasteiger partial charge in [0.1, 0.15) is 5.82 Å². The lowest BCUT2D eigenvalue weighted by atomic mass is 9.90. The van der Waals surface area contributed by atoms with Gasteiger partial charge in [-0.25, -0.2) is 9.71 Å². The highest BCUT2D eigenvalue weighted by Crippen LogP contribution is 2.28. The largest absolute Gasteiger partial charge is 0.384 e. The molecular formula is C22H24N4O3S. The van der Waals surface area contributed by atoms with Crippen LogP contribution in [0.1, 0.15) is 42.4 Å². The number of aromatic nitrogens is 2. The number of carbonyl (C=O) groups excluding carboxylic acids is 1. The third-order valence-corrected chi connectivity index (χ3v) is 5.71. The molecule has 3 rings (SSSR count).